The van der Waals surface area contributed by atoms with Gasteiger partial charge in [0, 0.05) is 33.1 Å². The second-order valence-electron chi connectivity index (χ2n) is 6.43. The van der Waals surface area contributed by atoms with Crippen molar-refractivity contribution in [3.8, 4) is 16.4 Å². The zero-order valence-corrected chi connectivity index (χ0v) is 17.3. The second kappa shape index (κ2) is 7.57. The van der Waals surface area contributed by atoms with E-state index < -0.39 is 10.0 Å². The number of nitrogens with zero attached hydrogens (tertiary/aromatic N) is 3. The number of thiophene rings is 1. The lowest BCUT2D eigenvalue weighted by Gasteiger charge is -2.35. The third-order valence-corrected chi connectivity index (χ3v) is 8.17. The van der Waals surface area contributed by atoms with E-state index in [1.165, 1.54) is 11.3 Å². The first-order valence-electron chi connectivity index (χ1n) is 8.90. The Kier molecular flexibility index (Phi) is 5.13. The van der Waals surface area contributed by atoms with Gasteiger partial charge in [-0.25, -0.2) is 13.4 Å². The molecule has 1 fully saturated rings. The highest BCUT2D eigenvalue weighted by Crippen LogP contribution is 2.34. The predicted octanol–water partition coefficient (Wildman–Crippen LogP) is 3.23. The van der Waals surface area contributed by atoms with E-state index in [1.54, 1.807) is 36.7 Å². The molecule has 1 aromatic carbocycles. The van der Waals surface area contributed by atoms with Gasteiger partial charge < -0.3 is 14.1 Å². The zero-order valence-electron chi connectivity index (χ0n) is 15.7. The van der Waals surface area contributed by atoms with Crippen LogP contribution in [0.3, 0.4) is 0 Å². The normalized spacial score (nSPS) is 15.7. The minimum atomic E-state index is -3.53. The van der Waals surface area contributed by atoms with Gasteiger partial charge in [-0.1, -0.05) is 12.1 Å². The number of piperazine rings is 1. The van der Waals surface area contributed by atoms with Gasteiger partial charge in [0.2, 0.25) is 0 Å². The van der Waals surface area contributed by atoms with Crippen LogP contribution in [0.1, 0.15) is 5.89 Å². The molecule has 3 heterocycles. The molecule has 4 rings (SSSR count). The number of aromatic nitrogens is 1. The number of ether oxygens (including phenoxy) is 1. The molecule has 1 saturated heterocycles. The summed E-state index contributed by atoms with van der Waals surface area (Å²) in [7, 11) is -1.89. The first kappa shape index (κ1) is 19.0. The van der Waals surface area contributed by atoms with Crippen LogP contribution in [0.2, 0.25) is 0 Å². The zero-order chi connectivity index (χ0) is 19.7. The van der Waals surface area contributed by atoms with Crippen molar-refractivity contribution in [1.29, 1.82) is 0 Å². The maximum Gasteiger partial charge on any atom is 0.252 e. The van der Waals surface area contributed by atoms with Gasteiger partial charge in [0.1, 0.15) is 9.96 Å². The van der Waals surface area contributed by atoms with E-state index >= 15 is 0 Å². The third-order valence-electron chi connectivity index (χ3n) is 4.70. The molecule has 9 heteroatoms. The van der Waals surface area contributed by atoms with Crippen LogP contribution in [0.25, 0.3) is 10.6 Å². The minimum Gasteiger partial charge on any atom is -0.495 e. The molecule has 0 bridgehead atoms. The highest BCUT2D eigenvalue weighted by Gasteiger charge is 2.30. The number of hydrogen-bond acceptors (Lipinski definition) is 7. The Bertz CT molecular complexity index is 1070. The van der Waals surface area contributed by atoms with Gasteiger partial charge in [-0.15, -0.1) is 11.3 Å². The molecule has 0 aliphatic carbocycles. The summed E-state index contributed by atoms with van der Waals surface area (Å²) in [6, 6.07) is 11.2. The minimum absolute atomic E-state index is 0.322. The Morgan fingerprint density at radius 2 is 1.86 bits per heavy atom. The first-order valence-corrected chi connectivity index (χ1v) is 11.2. The topological polar surface area (TPSA) is 75.9 Å². The summed E-state index contributed by atoms with van der Waals surface area (Å²) >= 11 is 1.21. The van der Waals surface area contributed by atoms with Crippen molar-refractivity contribution in [1.82, 2.24) is 9.29 Å². The van der Waals surface area contributed by atoms with Gasteiger partial charge in [0.05, 0.1) is 23.9 Å². The number of oxazole rings is 1. The molecule has 3 aromatic rings. The summed E-state index contributed by atoms with van der Waals surface area (Å²) in [4.78, 5) is 6.98. The molecule has 0 N–H and O–H groups in total. The monoisotopic (exact) mass is 419 g/mol. The van der Waals surface area contributed by atoms with Crippen LogP contribution in [-0.4, -0.2) is 51.0 Å². The molecular weight excluding hydrogens is 398 g/mol. The number of anilines is 1. The van der Waals surface area contributed by atoms with Gasteiger partial charge in [-0.3, -0.25) is 0 Å². The third kappa shape index (κ3) is 3.52. The summed E-state index contributed by atoms with van der Waals surface area (Å²) in [5.74, 6) is 1.94. The summed E-state index contributed by atoms with van der Waals surface area (Å²) in [6.07, 6.45) is 1.61. The van der Waals surface area contributed by atoms with Crippen LogP contribution >= 0.6 is 11.3 Å². The average molecular weight is 420 g/mol. The van der Waals surface area contributed by atoms with Crippen LogP contribution in [0.15, 0.2) is 51.2 Å². The fraction of sp³-hybridized carbons (Fsp3) is 0.316. The molecule has 0 amide bonds. The smallest absolute Gasteiger partial charge is 0.252 e. The number of sulfonamides is 1. The van der Waals surface area contributed by atoms with Crippen LogP contribution < -0.4 is 9.64 Å². The van der Waals surface area contributed by atoms with E-state index in [0.29, 0.717) is 42.0 Å². The number of benzene rings is 1. The Morgan fingerprint density at radius 3 is 2.54 bits per heavy atom. The molecule has 0 saturated carbocycles. The summed E-state index contributed by atoms with van der Waals surface area (Å²) < 4.78 is 38.9. The standard InChI is InChI=1S/C19H21N3O4S2/c1-14-20-13-17(26-14)18-7-8-19(27-18)28(23,24)22-11-9-21(10-12-22)15-5-3-4-6-16(15)25-2/h3-8,13H,9-12H2,1-2H3. The second-order valence-corrected chi connectivity index (χ2v) is 9.67. The van der Waals surface area contributed by atoms with Gasteiger partial charge in [-0.05, 0) is 24.3 Å². The number of hydrogen-bond donors (Lipinski definition) is 0. The average Bonchev–Trinajstić information content (AvgIpc) is 3.37. The number of methoxy groups -OCH3 is 1. The summed E-state index contributed by atoms with van der Waals surface area (Å²) in [5, 5.41) is 0. The highest BCUT2D eigenvalue weighted by molar-refractivity contribution is 7.91. The van der Waals surface area contributed by atoms with E-state index in [4.69, 9.17) is 9.15 Å². The lowest BCUT2D eigenvalue weighted by molar-refractivity contribution is 0.379. The molecule has 1 aliphatic rings. The molecule has 28 heavy (non-hydrogen) atoms. The van der Waals surface area contributed by atoms with Crippen molar-refractivity contribution in [3.05, 3.63) is 48.5 Å². The van der Waals surface area contributed by atoms with E-state index in [2.05, 4.69) is 9.88 Å². The molecule has 2 aromatic heterocycles. The highest BCUT2D eigenvalue weighted by atomic mass is 32.2. The molecule has 0 atom stereocenters. The van der Waals surface area contributed by atoms with Crippen molar-refractivity contribution in [2.24, 2.45) is 0 Å². The predicted molar refractivity (Wildman–Crippen MR) is 109 cm³/mol. The Hall–Kier alpha value is -2.36. The number of para-hydroxylation sites is 2. The largest absolute Gasteiger partial charge is 0.495 e. The van der Waals surface area contributed by atoms with Gasteiger partial charge in [0.15, 0.2) is 11.7 Å². The molecule has 0 spiro atoms. The van der Waals surface area contributed by atoms with Crippen molar-refractivity contribution >= 4 is 27.0 Å². The van der Waals surface area contributed by atoms with Crippen molar-refractivity contribution in [2.75, 3.05) is 38.2 Å². The Balaban J connectivity index is 1.49. The quantitative estimate of drug-likeness (QED) is 0.632. The molecule has 0 radical (unpaired) electrons. The van der Waals surface area contributed by atoms with Crippen molar-refractivity contribution in [3.63, 3.8) is 0 Å². The van der Waals surface area contributed by atoms with E-state index in [9.17, 15) is 8.42 Å². The fourth-order valence-electron chi connectivity index (χ4n) is 3.25. The molecule has 0 unspecified atom stereocenters. The lowest BCUT2D eigenvalue weighted by atomic mass is 10.2. The van der Waals surface area contributed by atoms with Crippen molar-refractivity contribution in [2.45, 2.75) is 11.1 Å². The van der Waals surface area contributed by atoms with E-state index in [0.717, 1.165) is 16.3 Å². The summed E-state index contributed by atoms with van der Waals surface area (Å²) in [6.45, 7) is 3.83. The van der Waals surface area contributed by atoms with Gasteiger partial charge >= 0.3 is 0 Å². The lowest BCUT2D eigenvalue weighted by Crippen LogP contribution is -2.48. The van der Waals surface area contributed by atoms with E-state index in [1.807, 2.05) is 24.3 Å². The van der Waals surface area contributed by atoms with Crippen LogP contribution in [0.5, 0.6) is 5.75 Å². The van der Waals surface area contributed by atoms with Crippen LogP contribution in [0.4, 0.5) is 5.69 Å². The maximum atomic E-state index is 13.1. The number of rotatable bonds is 5. The van der Waals surface area contributed by atoms with Crippen LogP contribution in [0, 0.1) is 6.92 Å². The Labute approximate surface area is 168 Å². The molecule has 1 aliphatic heterocycles. The Morgan fingerprint density at radius 1 is 1.11 bits per heavy atom. The number of aryl methyl sites for hydroxylation is 1. The first-order chi connectivity index (χ1) is 13.5. The molecule has 148 valence electrons. The van der Waals surface area contributed by atoms with Crippen LogP contribution in [-0.2, 0) is 10.0 Å². The maximum absolute atomic E-state index is 13.1. The SMILES string of the molecule is COc1ccccc1N1CCN(S(=O)(=O)c2ccc(-c3cnc(C)o3)s2)CC1. The van der Waals surface area contributed by atoms with Gasteiger partial charge in [0.25, 0.3) is 10.0 Å². The van der Waals surface area contributed by atoms with Crippen molar-refractivity contribution < 1.29 is 17.6 Å². The summed E-state index contributed by atoms with van der Waals surface area (Å²) in [5.41, 5.74) is 0.987. The van der Waals surface area contributed by atoms with E-state index in [-0.39, 0.29) is 0 Å². The van der Waals surface area contributed by atoms with Gasteiger partial charge in [-0.2, -0.15) is 4.31 Å². The fourth-order valence-corrected chi connectivity index (χ4v) is 6.08. The molecule has 7 nitrogen and oxygen atoms in total. The molecular formula is C19H21N3O4S2.